The number of rotatable bonds is 3. The molecule has 0 aliphatic heterocycles. The van der Waals surface area contributed by atoms with Gasteiger partial charge in [0.25, 0.3) is 0 Å². The van der Waals surface area contributed by atoms with Crippen LogP contribution < -0.4 is 4.90 Å². The first-order chi connectivity index (χ1) is 9.38. The molecule has 0 spiro atoms. The first-order valence-electron chi connectivity index (χ1n) is 6.78. The van der Waals surface area contributed by atoms with Crippen molar-refractivity contribution in [3.63, 3.8) is 0 Å². The van der Waals surface area contributed by atoms with Gasteiger partial charge in [-0.25, -0.2) is 4.98 Å². The van der Waals surface area contributed by atoms with Crippen LogP contribution in [0.25, 0.3) is 0 Å². The van der Waals surface area contributed by atoms with Crippen molar-refractivity contribution in [1.82, 2.24) is 4.98 Å². The van der Waals surface area contributed by atoms with E-state index in [9.17, 15) is 0 Å². The van der Waals surface area contributed by atoms with Gasteiger partial charge in [0.1, 0.15) is 5.82 Å². The Bertz CT molecular complexity index is 612. The van der Waals surface area contributed by atoms with E-state index in [0.29, 0.717) is 0 Å². The molecule has 106 valence electrons. The van der Waals surface area contributed by atoms with E-state index in [1.165, 1.54) is 27.8 Å². The van der Waals surface area contributed by atoms with Gasteiger partial charge in [0.05, 0.1) is 0 Å². The van der Waals surface area contributed by atoms with Crippen LogP contribution in [0.5, 0.6) is 0 Å². The summed E-state index contributed by atoms with van der Waals surface area (Å²) in [7, 11) is 2.10. The Hall–Kier alpha value is -1.35. The van der Waals surface area contributed by atoms with E-state index in [-0.39, 0.29) is 0 Å². The number of aryl methyl sites for hydroxylation is 4. The molecule has 0 saturated carbocycles. The van der Waals surface area contributed by atoms with Crippen LogP contribution in [-0.2, 0) is 6.54 Å². The highest BCUT2D eigenvalue weighted by molar-refractivity contribution is 9.10. The smallest absolute Gasteiger partial charge is 0.131 e. The molecule has 0 atom stereocenters. The molecular formula is C17H21BrN2. The zero-order valence-corrected chi connectivity index (χ0v) is 14.4. The van der Waals surface area contributed by atoms with E-state index in [0.717, 1.165) is 16.8 Å². The van der Waals surface area contributed by atoms with Gasteiger partial charge < -0.3 is 4.90 Å². The van der Waals surface area contributed by atoms with Crippen molar-refractivity contribution in [3.05, 3.63) is 56.7 Å². The van der Waals surface area contributed by atoms with Gasteiger partial charge in [-0.1, -0.05) is 17.7 Å². The summed E-state index contributed by atoms with van der Waals surface area (Å²) in [5.41, 5.74) is 6.60. The standard InChI is InChI=1S/C17H21BrN2/c1-11-6-12(2)16(13(3)7-11)10-20(5)17-14(4)8-15(18)9-19-17/h6-9H,10H2,1-5H3. The summed E-state index contributed by atoms with van der Waals surface area (Å²) in [5.74, 6) is 1.03. The molecule has 0 aliphatic rings. The van der Waals surface area contributed by atoms with Crippen LogP contribution in [0.2, 0.25) is 0 Å². The van der Waals surface area contributed by atoms with Crippen LogP contribution >= 0.6 is 15.9 Å². The van der Waals surface area contributed by atoms with Gasteiger partial charge >= 0.3 is 0 Å². The number of aromatic nitrogens is 1. The Kier molecular flexibility index (Phi) is 4.48. The van der Waals surface area contributed by atoms with E-state index < -0.39 is 0 Å². The van der Waals surface area contributed by atoms with Crippen molar-refractivity contribution in [3.8, 4) is 0 Å². The number of nitrogens with zero attached hydrogens (tertiary/aromatic N) is 2. The van der Waals surface area contributed by atoms with Crippen molar-refractivity contribution in [1.29, 1.82) is 0 Å². The Morgan fingerprint density at radius 3 is 2.15 bits per heavy atom. The summed E-state index contributed by atoms with van der Waals surface area (Å²) in [6, 6.07) is 6.60. The topological polar surface area (TPSA) is 16.1 Å². The molecule has 0 amide bonds. The minimum absolute atomic E-state index is 0.882. The van der Waals surface area contributed by atoms with Crippen molar-refractivity contribution < 1.29 is 0 Å². The van der Waals surface area contributed by atoms with Gasteiger partial charge in [-0.05, 0) is 71.9 Å². The first kappa shape index (κ1) is 15.0. The predicted octanol–water partition coefficient (Wildman–Crippen LogP) is 4.71. The molecule has 1 aromatic heterocycles. The Morgan fingerprint density at radius 2 is 1.60 bits per heavy atom. The number of anilines is 1. The highest BCUT2D eigenvalue weighted by Crippen LogP contribution is 2.24. The monoisotopic (exact) mass is 332 g/mol. The van der Waals surface area contributed by atoms with Crippen LogP contribution in [0.15, 0.2) is 28.9 Å². The molecule has 0 saturated heterocycles. The lowest BCUT2D eigenvalue weighted by molar-refractivity contribution is 0.875. The third kappa shape index (κ3) is 3.21. The second-order valence-corrected chi connectivity index (χ2v) is 6.44. The van der Waals surface area contributed by atoms with Crippen LogP contribution in [0, 0.1) is 27.7 Å². The van der Waals surface area contributed by atoms with Gasteiger partial charge in [0, 0.05) is 24.3 Å². The Balaban J connectivity index is 2.30. The summed E-state index contributed by atoms with van der Waals surface area (Å²) >= 11 is 3.46. The number of halogens is 1. The van der Waals surface area contributed by atoms with E-state index in [1.54, 1.807) is 0 Å². The van der Waals surface area contributed by atoms with Crippen LogP contribution in [0.3, 0.4) is 0 Å². The SMILES string of the molecule is Cc1cc(C)c(CN(C)c2ncc(Br)cc2C)c(C)c1. The molecule has 0 unspecified atom stereocenters. The van der Waals surface area contributed by atoms with Gasteiger partial charge in [-0.2, -0.15) is 0 Å². The van der Waals surface area contributed by atoms with Crippen molar-refractivity contribution in [2.24, 2.45) is 0 Å². The van der Waals surface area contributed by atoms with Crippen LogP contribution in [0.1, 0.15) is 27.8 Å². The van der Waals surface area contributed by atoms with Crippen LogP contribution in [0.4, 0.5) is 5.82 Å². The van der Waals surface area contributed by atoms with E-state index in [1.807, 2.05) is 6.20 Å². The number of pyridine rings is 1. The quantitative estimate of drug-likeness (QED) is 0.808. The van der Waals surface area contributed by atoms with E-state index in [2.05, 4.69) is 78.8 Å². The molecule has 2 nitrogen and oxygen atoms in total. The molecule has 0 bridgehead atoms. The molecule has 0 aliphatic carbocycles. The minimum atomic E-state index is 0.882. The lowest BCUT2D eigenvalue weighted by Crippen LogP contribution is -2.20. The predicted molar refractivity (Wildman–Crippen MR) is 89.4 cm³/mol. The van der Waals surface area contributed by atoms with Gasteiger partial charge in [0.15, 0.2) is 0 Å². The number of benzene rings is 1. The summed E-state index contributed by atoms with van der Waals surface area (Å²) in [5, 5.41) is 0. The fourth-order valence-corrected chi connectivity index (χ4v) is 3.15. The number of hydrogen-bond acceptors (Lipinski definition) is 2. The molecule has 3 heteroatoms. The van der Waals surface area contributed by atoms with Crippen LogP contribution in [-0.4, -0.2) is 12.0 Å². The first-order valence-corrected chi connectivity index (χ1v) is 7.58. The molecule has 2 aromatic rings. The molecule has 2 rings (SSSR count). The van der Waals surface area contributed by atoms with Crippen molar-refractivity contribution in [2.45, 2.75) is 34.2 Å². The number of hydrogen-bond donors (Lipinski definition) is 0. The molecule has 0 fully saturated rings. The zero-order valence-electron chi connectivity index (χ0n) is 12.8. The maximum atomic E-state index is 4.53. The summed E-state index contributed by atoms with van der Waals surface area (Å²) in [6.45, 7) is 9.50. The zero-order chi connectivity index (χ0) is 14.9. The molecule has 0 radical (unpaired) electrons. The Labute approximate surface area is 130 Å². The van der Waals surface area contributed by atoms with Gasteiger partial charge in [-0.3, -0.25) is 0 Å². The van der Waals surface area contributed by atoms with E-state index in [4.69, 9.17) is 0 Å². The maximum absolute atomic E-state index is 4.53. The normalized spacial score (nSPS) is 10.7. The average molecular weight is 333 g/mol. The van der Waals surface area contributed by atoms with Gasteiger partial charge in [0.2, 0.25) is 0 Å². The van der Waals surface area contributed by atoms with Crippen molar-refractivity contribution in [2.75, 3.05) is 11.9 Å². The lowest BCUT2D eigenvalue weighted by Gasteiger charge is -2.23. The highest BCUT2D eigenvalue weighted by atomic mass is 79.9. The maximum Gasteiger partial charge on any atom is 0.131 e. The summed E-state index contributed by atoms with van der Waals surface area (Å²) in [4.78, 5) is 6.74. The second kappa shape index (κ2) is 5.96. The molecule has 1 aromatic carbocycles. The fraction of sp³-hybridized carbons (Fsp3) is 0.353. The van der Waals surface area contributed by atoms with E-state index >= 15 is 0 Å². The molecule has 1 heterocycles. The van der Waals surface area contributed by atoms with Gasteiger partial charge in [-0.15, -0.1) is 0 Å². The highest BCUT2D eigenvalue weighted by Gasteiger charge is 2.11. The Morgan fingerprint density at radius 1 is 1.00 bits per heavy atom. The fourth-order valence-electron chi connectivity index (χ4n) is 2.70. The minimum Gasteiger partial charge on any atom is -0.355 e. The third-order valence-electron chi connectivity index (χ3n) is 3.61. The molecule has 0 N–H and O–H groups in total. The molecular weight excluding hydrogens is 312 g/mol. The summed E-state index contributed by atoms with van der Waals surface area (Å²) in [6.07, 6.45) is 1.85. The third-order valence-corrected chi connectivity index (χ3v) is 4.05. The van der Waals surface area contributed by atoms with Crippen molar-refractivity contribution >= 4 is 21.7 Å². The second-order valence-electron chi connectivity index (χ2n) is 5.53. The lowest BCUT2D eigenvalue weighted by atomic mass is 9.99. The summed E-state index contributed by atoms with van der Waals surface area (Å²) < 4.78 is 1.02. The molecule has 20 heavy (non-hydrogen) atoms. The average Bonchev–Trinajstić information content (AvgIpc) is 2.33. The largest absolute Gasteiger partial charge is 0.355 e.